The Morgan fingerprint density at radius 2 is 2.22 bits per heavy atom. The van der Waals surface area contributed by atoms with E-state index in [9.17, 15) is 9.59 Å². The van der Waals surface area contributed by atoms with E-state index in [1.807, 2.05) is 11.8 Å². The lowest BCUT2D eigenvalue weighted by molar-refractivity contribution is -0.121. The molecule has 0 unspecified atom stereocenters. The van der Waals surface area contributed by atoms with E-state index in [2.05, 4.69) is 5.32 Å². The fraction of sp³-hybridized carbons (Fsp3) is 0.500. The topological polar surface area (TPSA) is 80.4 Å². The smallest absolute Gasteiger partial charge is 0.250 e. The molecule has 1 aromatic heterocycles. The van der Waals surface area contributed by atoms with Gasteiger partial charge in [-0.05, 0) is 12.6 Å². The lowest BCUT2D eigenvalue weighted by atomic mass is 10.4. The van der Waals surface area contributed by atoms with Gasteiger partial charge in [-0.2, -0.15) is 0 Å². The van der Waals surface area contributed by atoms with Gasteiger partial charge in [-0.1, -0.05) is 6.92 Å². The largest absolute Gasteiger partial charge is 0.398 e. The summed E-state index contributed by atoms with van der Waals surface area (Å²) >= 11 is 0. The molecule has 0 bridgehead atoms. The zero-order valence-electron chi connectivity index (χ0n) is 10.8. The molecule has 6 nitrogen and oxygen atoms in total. The van der Waals surface area contributed by atoms with Gasteiger partial charge in [0.25, 0.3) is 5.56 Å². The highest BCUT2D eigenvalue weighted by Crippen LogP contribution is 1.97. The first-order valence-corrected chi connectivity index (χ1v) is 5.95. The maximum Gasteiger partial charge on any atom is 0.250 e. The summed E-state index contributed by atoms with van der Waals surface area (Å²) in [7, 11) is 1.61. The minimum Gasteiger partial charge on any atom is -0.398 e. The van der Waals surface area contributed by atoms with Crippen LogP contribution in [0.3, 0.4) is 0 Å². The number of nitrogens with one attached hydrogen (secondary N) is 1. The van der Waals surface area contributed by atoms with E-state index in [0.29, 0.717) is 25.3 Å². The first-order chi connectivity index (χ1) is 8.56. The minimum absolute atomic E-state index is 0.0308. The number of anilines is 1. The van der Waals surface area contributed by atoms with Gasteiger partial charge in [0.2, 0.25) is 5.91 Å². The molecular formula is C12H20N4O2. The van der Waals surface area contributed by atoms with Gasteiger partial charge >= 0.3 is 0 Å². The summed E-state index contributed by atoms with van der Waals surface area (Å²) in [6.45, 7) is 4.22. The second kappa shape index (κ2) is 6.80. The van der Waals surface area contributed by atoms with Crippen molar-refractivity contribution in [2.75, 3.05) is 32.4 Å². The van der Waals surface area contributed by atoms with Gasteiger partial charge in [0.1, 0.15) is 0 Å². The van der Waals surface area contributed by atoms with Crippen LogP contribution in [0.25, 0.3) is 0 Å². The quantitative estimate of drug-likeness (QED) is 0.715. The number of hydrogen-bond acceptors (Lipinski definition) is 4. The van der Waals surface area contributed by atoms with Crippen LogP contribution in [-0.2, 0) is 11.3 Å². The molecule has 0 atom stereocenters. The molecule has 6 heteroatoms. The number of amides is 1. The maximum atomic E-state index is 11.6. The lowest BCUT2D eigenvalue weighted by Crippen LogP contribution is -2.38. The Labute approximate surface area is 106 Å². The number of rotatable bonds is 6. The molecule has 1 aromatic rings. The third-order valence-electron chi connectivity index (χ3n) is 2.76. The first kappa shape index (κ1) is 14.2. The van der Waals surface area contributed by atoms with Gasteiger partial charge in [-0.25, -0.2) is 0 Å². The van der Waals surface area contributed by atoms with Crippen LogP contribution in [0.1, 0.15) is 6.92 Å². The van der Waals surface area contributed by atoms with Crippen molar-refractivity contribution in [3.05, 3.63) is 28.7 Å². The van der Waals surface area contributed by atoms with Gasteiger partial charge < -0.3 is 15.6 Å². The standard InChI is InChI=1S/C12H20N4O2/c1-3-15(9-11(17)14-2)6-7-16-8-10(13)4-5-12(16)18/h4-5,8H,3,6-7,9,13H2,1-2H3,(H,14,17). The lowest BCUT2D eigenvalue weighted by Gasteiger charge is -2.19. The highest BCUT2D eigenvalue weighted by Gasteiger charge is 2.07. The van der Waals surface area contributed by atoms with Crippen molar-refractivity contribution in [1.29, 1.82) is 0 Å². The van der Waals surface area contributed by atoms with Crippen LogP contribution < -0.4 is 16.6 Å². The van der Waals surface area contributed by atoms with Crippen molar-refractivity contribution in [3.8, 4) is 0 Å². The van der Waals surface area contributed by atoms with Crippen LogP contribution in [0.2, 0.25) is 0 Å². The van der Waals surface area contributed by atoms with Crippen molar-refractivity contribution in [3.63, 3.8) is 0 Å². The summed E-state index contributed by atoms with van der Waals surface area (Å²) in [6.07, 6.45) is 1.62. The number of nitrogens with two attached hydrogens (primary N) is 1. The molecule has 18 heavy (non-hydrogen) atoms. The van der Waals surface area contributed by atoms with E-state index in [1.165, 1.54) is 6.07 Å². The minimum atomic E-state index is -0.0832. The molecule has 0 saturated carbocycles. The van der Waals surface area contributed by atoms with Gasteiger partial charge in [0.15, 0.2) is 0 Å². The van der Waals surface area contributed by atoms with Crippen LogP contribution in [0.15, 0.2) is 23.1 Å². The van der Waals surface area contributed by atoms with E-state index < -0.39 is 0 Å². The number of hydrogen-bond donors (Lipinski definition) is 2. The van der Waals surface area contributed by atoms with Crippen molar-refractivity contribution in [2.45, 2.75) is 13.5 Å². The molecule has 0 saturated heterocycles. The molecule has 0 fully saturated rings. The monoisotopic (exact) mass is 252 g/mol. The first-order valence-electron chi connectivity index (χ1n) is 5.95. The molecule has 0 aliphatic carbocycles. The highest BCUT2D eigenvalue weighted by atomic mass is 16.2. The normalized spacial score (nSPS) is 10.6. The van der Waals surface area contributed by atoms with E-state index >= 15 is 0 Å². The SMILES string of the molecule is CCN(CCn1cc(N)ccc1=O)CC(=O)NC. The Kier molecular flexibility index (Phi) is 5.38. The summed E-state index contributed by atoms with van der Waals surface area (Å²) in [5, 5.41) is 2.58. The molecule has 0 aromatic carbocycles. The van der Waals surface area contributed by atoms with Crippen LogP contribution in [0.4, 0.5) is 5.69 Å². The summed E-state index contributed by atoms with van der Waals surface area (Å²) in [5.41, 5.74) is 6.11. The van der Waals surface area contributed by atoms with Gasteiger partial charge in [0, 0.05) is 38.1 Å². The number of aromatic nitrogens is 1. The predicted molar refractivity (Wildman–Crippen MR) is 71.3 cm³/mol. The molecule has 3 N–H and O–H groups in total. The van der Waals surface area contributed by atoms with Crippen molar-refractivity contribution < 1.29 is 4.79 Å². The highest BCUT2D eigenvalue weighted by molar-refractivity contribution is 5.77. The maximum absolute atomic E-state index is 11.6. The fourth-order valence-corrected chi connectivity index (χ4v) is 1.60. The Morgan fingerprint density at radius 1 is 1.50 bits per heavy atom. The molecule has 100 valence electrons. The number of nitrogen functional groups attached to an aromatic ring is 1. The van der Waals surface area contributed by atoms with Crippen molar-refractivity contribution in [2.24, 2.45) is 0 Å². The number of carbonyl (C=O) groups excluding carboxylic acids is 1. The number of carbonyl (C=O) groups is 1. The number of nitrogens with zero attached hydrogens (tertiary/aromatic N) is 2. The van der Waals surface area contributed by atoms with E-state index in [-0.39, 0.29) is 11.5 Å². The van der Waals surface area contributed by atoms with E-state index in [4.69, 9.17) is 5.73 Å². The zero-order chi connectivity index (χ0) is 13.5. The Morgan fingerprint density at radius 3 is 2.83 bits per heavy atom. The zero-order valence-corrected chi connectivity index (χ0v) is 10.8. The predicted octanol–water partition coefficient (Wildman–Crippen LogP) is -0.502. The summed E-state index contributed by atoms with van der Waals surface area (Å²) < 4.78 is 1.56. The van der Waals surface area contributed by atoms with Crippen LogP contribution >= 0.6 is 0 Å². The molecule has 1 rings (SSSR count). The van der Waals surface area contributed by atoms with Crippen LogP contribution in [0, 0.1) is 0 Å². The van der Waals surface area contributed by atoms with Crippen LogP contribution in [0.5, 0.6) is 0 Å². The van der Waals surface area contributed by atoms with Gasteiger partial charge in [0.05, 0.1) is 6.54 Å². The van der Waals surface area contributed by atoms with Crippen molar-refractivity contribution >= 4 is 11.6 Å². The average molecular weight is 252 g/mol. The average Bonchev–Trinajstić information content (AvgIpc) is 2.37. The summed E-state index contributed by atoms with van der Waals surface area (Å²) in [4.78, 5) is 24.8. The van der Waals surface area contributed by atoms with Gasteiger partial charge in [-0.3, -0.25) is 14.5 Å². The summed E-state index contributed by atoms with van der Waals surface area (Å²) in [5.74, 6) is -0.0308. The Balaban J connectivity index is 2.59. The molecular weight excluding hydrogens is 232 g/mol. The molecule has 1 amide bonds. The number of pyridine rings is 1. The second-order valence-corrected chi connectivity index (χ2v) is 4.04. The van der Waals surface area contributed by atoms with Crippen LogP contribution in [-0.4, -0.2) is 42.1 Å². The molecule has 0 spiro atoms. The molecule has 1 heterocycles. The molecule has 0 aliphatic rings. The van der Waals surface area contributed by atoms with Crippen molar-refractivity contribution in [1.82, 2.24) is 14.8 Å². The molecule has 0 radical (unpaired) electrons. The van der Waals surface area contributed by atoms with Gasteiger partial charge in [-0.15, -0.1) is 0 Å². The third kappa shape index (κ3) is 4.21. The molecule has 0 aliphatic heterocycles. The second-order valence-electron chi connectivity index (χ2n) is 4.04. The van der Waals surface area contributed by atoms with E-state index in [1.54, 1.807) is 23.9 Å². The van der Waals surface area contributed by atoms with E-state index in [0.717, 1.165) is 6.54 Å². The Bertz CT molecular complexity index is 456. The summed E-state index contributed by atoms with van der Waals surface area (Å²) in [6, 6.07) is 3.03. The Hall–Kier alpha value is -1.82. The number of likely N-dealkylation sites (N-methyl/N-ethyl adjacent to an activating group) is 2. The fourth-order valence-electron chi connectivity index (χ4n) is 1.60. The third-order valence-corrected chi connectivity index (χ3v) is 2.76.